The molecule has 0 saturated carbocycles. The monoisotopic (exact) mass is 489 g/mol. The number of amides is 2. The first-order chi connectivity index (χ1) is 16.3. The normalized spacial score (nSPS) is 15.3. The first kappa shape index (κ1) is 23.7. The van der Waals surface area contributed by atoms with Gasteiger partial charge in [0.1, 0.15) is 0 Å². The lowest BCUT2D eigenvalue weighted by Gasteiger charge is -2.13. The highest BCUT2D eigenvalue weighted by molar-refractivity contribution is 6.34. The van der Waals surface area contributed by atoms with Crippen molar-refractivity contribution >= 4 is 29.1 Å². The number of nitrogens with one attached hydrogen (secondary N) is 3. The Morgan fingerprint density at radius 1 is 1.21 bits per heavy atom. The number of hydrogen-bond donors (Lipinski definition) is 3. The molecule has 2 heterocycles. The lowest BCUT2D eigenvalue weighted by Crippen LogP contribution is -2.36. The van der Waals surface area contributed by atoms with Crippen molar-refractivity contribution in [3.63, 3.8) is 0 Å². The summed E-state index contributed by atoms with van der Waals surface area (Å²) in [4.78, 5) is 29.3. The average Bonchev–Trinajstić information content (AvgIpc) is 3.45. The Morgan fingerprint density at radius 3 is 2.68 bits per heavy atom. The van der Waals surface area contributed by atoms with E-state index in [0.717, 1.165) is 13.0 Å². The van der Waals surface area contributed by atoms with Crippen LogP contribution in [0, 0.1) is 11.6 Å². The fraction of sp³-hybridized carbons (Fsp3) is 0.261. The van der Waals surface area contributed by atoms with E-state index in [-0.39, 0.29) is 39.8 Å². The summed E-state index contributed by atoms with van der Waals surface area (Å²) in [7, 11) is 2.75. The van der Waals surface area contributed by atoms with Gasteiger partial charge >= 0.3 is 0 Å². The highest BCUT2D eigenvalue weighted by Crippen LogP contribution is 2.30. The summed E-state index contributed by atoms with van der Waals surface area (Å²) in [5.74, 6) is -3.38. The van der Waals surface area contributed by atoms with Crippen LogP contribution in [0.25, 0.3) is 11.3 Å². The molecule has 11 heteroatoms. The smallest absolute Gasteiger partial charge is 0.291 e. The van der Waals surface area contributed by atoms with Gasteiger partial charge in [0.2, 0.25) is 5.82 Å². The van der Waals surface area contributed by atoms with E-state index in [2.05, 4.69) is 20.9 Å². The fourth-order valence-corrected chi connectivity index (χ4v) is 4.03. The first-order valence-corrected chi connectivity index (χ1v) is 10.8. The summed E-state index contributed by atoms with van der Waals surface area (Å²) >= 11 is 6.28. The minimum atomic E-state index is -1.13. The van der Waals surface area contributed by atoms with Gasteiger partial charge in [0.15, 0.2) is 17.4 Å². The van der Waals surface area contributed by atoms with Gasteiger partial charge in [-0.05, 0) is 43.3 Å². The topological polar surface area (TPSA) is 97.3 Å². The number of rotatable bonds is 6. The third kappa shape index (κ3) is 4.59. The van der Waals surface area contributed by atoms with Gasteiger partial charge in [-0.3, -0.25) is 9.59 Å². The molecule has 0 bridgehead atoms. The van der Waals surface area contributed by atoms with E-state index in [4.69, 9.17) is 16.3 Å². The van der Waals surface area contributed by atoms with Crippen molar-refractivity contribution in [1.29, 1.82) is 0 Å². The summed E-state index contributed by atoms with van der Waals surface area (Å²) in [6.07, 6.45) is 2.12. The van der Waals surface area contributed by atoms with Crippen LogP contribution < -0.4 is 20.7 Å². The van der Waals surface area contributed by atoms with Gasteiger partial charge in [0.05, 0.1) is 29.6 Å². The molecule has 3 N–H and O–H groups in total. The maximum Gasteiger partial charge on any atom is 0.291 e. The number of benzene rings is 2. The zero-order chi connectivity index (χ0) is 24.4. The van der Waals surface area contributed by atoms with Gasteiger partial charge in [-0.2, -0.15) is 4.39 Å². The van der Waals surface area contributed by atoms with Crippen molar-refractivity contribution in [3.05, 3.63) is 64.6 Å². The predicted octanol–water partition coefficient (Wildman–Crippen LogP) is 3.37. The zero-order valence-electron chi connectivity index (χ0n) is 18.4. The SMILES string of the molecule is COc1ccc(-c2cnc(C(=O)Nc3ccc(C(=O)NC4CCNC4)c(Cl)c3)n2C)c(F)c1F. The molecule has 4 rings (SSSR count). The molecule has 178 valence electrons. The van der Waals surface area contributed by atoms with Crippen molar-refractivity contribution < 1.29 is 23.1 Å². The quantitative estimate of drug-likeness (QED) is 0.493. The minimum Gasteiger partial charge on any atom is -0.494 e. The highest BCUT2D eigenvalue weighted by Gasteiger charge is 2.22. The molecule has 8 nitrogen and oxygen atoms in total. The van der Waals surface area contributed by atoms with Gasteiger partial charge in [0.25, 0.3) is 11.8 Å². The zero-order valence-corrected chi connectivity index (χ0v) is 19.2. The fourth-order valence-electron chi connectivity index (χ4n) is 3.76. The third-order valence-corrected chi connectivity index (χ3v) is 5.91. The number of methoxy groups -OCH3 is 1. The molecule has 34 heavy (non-hydrogen) atoms. The number of anilines is 1. The number of carbonyl (C=O) groups excluding carboxylic acids is 2. The molecular formula is C23H22ClF2N5O3. The number of hydrogen-bond acceptors (Lipinski definition) is 5. The van der Waals surface area contributed by atoms with E-state index in [0.29, 0.717) is 17.8 Å². The Morgan fingerprint density at radius 2 is 2.00 bits per heavy atom. The van der Waals surface area contributed by atoms with E-state index in [9.17, 15) is 18.4 Å². The molecule has 0 radical (unpaired) electrons. The molecule has 1 saturated heterocycles. The number of aromatic nitrogens is 2. The summed E-state index contributed by atoms with van der Waals surface area (Å²) in [6, 6.07) is 7.22. The standard InChI is InChI=1S/C23H22ClF2N5O3/c1-31-17(15-5-6-18(34-2)20(26)19(15)25)11-28-21(31)23(33)29-12-3-4-14(16(24)9-12)22(32)30-13-7-8-27-10-13/h3-6,9,11,13,27H,7-8,10H2,1-2H3,(H,29,33)(H,30,32). The number of carbonyl (C=O) groups is 2. The van der Waals surface area contributed by atoms with Crippen LogP contribution in [0.2, 0.25) is 5.02 Å². The molecule has 3 aromatic rings. The van der Waals surface area contributed by atoms with Gasteiger partial charge < -0.3 is 25.3 Å². The lowest BCUT2D eigenvalue weighted by atomic mass is 10.1. The van der Waals surface area contributed by atoms with Gasteiger partial charge in [-0.1, -0.05) is 11.6 Å². The second kappa shape index (κ2) is 9.78. The molecule has 2 aromatic carbocycles. The summed E-state index contributed by atoms with van der Waals surface area (Å²) in [6.45, 7) is 1.55. The van der Waals surface area contributed by atoms with Crippen LogP contribution in [0.4, 0.5) is 14.5 Å². The minimum absolute atomic E-state index is 0.0303. The van der Waals surface area contributed by atoms with Crippen LogP contribution in [0.1, 0.15) is 27.4 Å². The first-order valence-electron chi connectivity index (χ1n) is 10.5. The van der Waals surface area contributed by atoms with Gasteiger partial charge in [-0.15, -0.1) is 0 Å². The Kier molecular flexibility index (Phi) is 6.80. The molecular weight excluding hydrogens is 468 g/mol. The molecule has 1 atom stereocenters. The van der Waals surface area contributed by atoms with Crippen molar-refractivity contribution in [2.75, 3.05) is 25.5 Å². The van der Waals surface area contributed by atoms with E-state index < -0.39 is 17.5 Å². The van der Waals surface area contributed by atoms with E-state index >= 15 is 0 Å². The Bertz CT molecular complexity index is 1260. The molecule has 2 amide bonds. The Hall–Kier alpha value is -3.50. The van der Waals surface area contributed by atoms with Crippen LogP contribution in [0.3, 0.4) is 0 Å². The van der Waals surface area contributed by atoms with E-state index in [1.807, 2.05) is 0 Å². The lowest BCUT2D eigenvalue weighted by molar-refractivity contribution is 0.0939. The van der Waals surface area contributed by atoms with Crippen molar-refractivity contribution in [1.82, 2.24) is 20.2 Å². The maximum absolute atomic E-state index is 14.5. The van der Waals surface area contributed by atoms with Crippen LogP contribution in [0.5, 0.6) is 5.75 Å². The van der Waals surface area contributed by atoms with Crippen LogP contribution >= 0.6 is 11.6 Å². The molecule has 1 aliphatic rings. The van der Waals surface area contributed by atoms with Crippen LogP contribution in [0.15, 0.2) is 36.5 Å². The molecule has 0 spiro atoms. The summed E-state index contributed by atoms with van der Waals surface area (Å²) in [5, 5.41) is 8.91. The van der Waals surface area contributed by atoms with Crippen molar-refractivity contribution in [2.45, 2.75) is 12.5 Å². The van der Waals surface area contributed by atoms with E-state index in [1.165, 1.54) is 49.2 Å². The Labute approximate surface area is 199 Å². The molecule has 1 aromatic heterocycles. The average molecular weight is 490 g/mol. The highest BCUT2D eigenvalue weighted by atomic mass is 35.5. The predicted molar refractivity (Wildman–Crippen MR) is 123 cm³/mol. The summed E-state index contributed by atoms with van der Waals surface area (Å²) < 4.78 is 34.7. The molecule has 1 unspecified atom stereocenters. The third-order valence-electron chi connectivity index (χ3n) is 5.60. The number of ether oxygens (including phenoxy) is 1. The second-order valence-electron chi connectivity index (χ2n) is 7.78. The number of imidazole rings is 1. The maximum atomic E-state index is 14.5. The second-order valence-corrected chi connectivity index (χ2v) is 8.19. The summed E-state index contributed by atoms with van der Waals surface area (Å²) in [5.41, 5.74) is 0.780. The molecule has 0 aliphatic carbocycles. The van der Waals surface area contributed by atoms with E-state index in [1.54, 1.807) is 6.07 Å². The van der Waals surface area contributed by atoms with Crippen LogP contribution in [-0.2, 0) is 7.05 Å². The largest absolute Gasteiger partial charge is 0.494 e. The van der Waals surface area contributed by atoms with Crippen molar-refractivity contribution in [3.8, 4) is 17.0 Å². The Balaban J connectivity index is 1.50. The van der Waals surface area contributed by atoms with Gasteiger partial charge in [0, 0.05) is 30.9 Å². The molecule has 1 fully saturated rings. The molecule has 1 aliphatic heterocycles. The van der Waals surface area contributed by atoms with Gasteiger partial charge in [-0.25, -0.2) is 9.37 Å². The number of nitrogens with zero attached hydrogens (tertiary/aromatic N) is 2. The number of halogens is 3. The van der Waals surface area contributed by atoms with Crippen molar-refractivity contribution in [2.24, 2.45) is 7.05 Å². The van der Waals surface area contributed by atoms with Crippen LogP contribution in [-0.4, -0.2) is 47.6 Å².